The number of carbonyl (C=O) groups is 1. The predicted octanol–water partition coefficient (Wildman–Crippen LogP) is 3.06. The zero-order chi connectivity index (χ0) is 19.6. The number of para-hydroxylation sites is 1. The molecule has 10 nitrogen and oxygen atoms in total. The first kappa shape index (κ1) is 17.7. The Morgan fingerprint density at radius 1 is 1.15 bits per heavy atom. The van der Waals surface area contributed by atoms with Gasteiger partial charge in [0.15, 0.2) is 0 Å². The van der Waals surface area contributed by atoms with Crippen LogP contribution in [0.25, 0.3) is 10.9 Å². The molecule has 3 aromatic rings. The van der Waals surface area contributed by atoms with E-state index >= 15 is 0 Å². The van der Waals surface area contributed by atoms with Crippen molar-refractivity contribution in [3.63, 3.8) is 0 Å². The molecule has 0 aliphatic carbocycles. The van der Waals surface area contributed by atoms with Crippen molar-refractivity contribution < 1.29 is 14.6 Å². The van der Waals surface area contributed by atoms with E-state index in [2.05, 4.69) is 15.5 Å². The summed E-state index contributed by atoms with van der Waals surface area (Å²) in [7, 11) is 0. The summed E-state index contributed by atoms with van der Waals surface area (Å²) in [6.07, 6.45) is 1.27. The monoisotopic (exact) mass is 367 g/mol. The number of aryl methyl sites for hydroxylation is 1. The van der Waals surface area contributed by atoms with Crippen molar-refractivity contribution in [1.82, 2.24) is 10.4 Å². The molecule has 0 saturated heterocycles. The molecule has 0 radical (unpaired) electrons. The fraction of sp³-hybridized carbons (Fsp3) is 0.0588. The fourth-order valence-corrected chi connectivity index (χ4v) is 2.66. The predicted molar refractivity (Wildman–Crippen MR) is 97.8 cm³/mol. The topological polar surface area (TPSA) is 144 Å². The Morgan fingerprint density at radius 3 is 2.59 bits per heavy atom. The highest BCUT2D eigenvalue weighted by atomic mass is 16.6. The number of hydrogen-bond acceptors (Lipinski definition) is 6. The molecule has 0 saturated carbocycles. The summed E-state index contributed by atoms with van der Waals surface area (Å²) >= 11 is 0. The van der Waals surface area contributed by atoms with Crippen molar-refractivity contribution in [2.24, 2.45) is 5.10 Å². The van der Waals surface area contributed by atoms with Gasteiger partial charge in [-0.1, -0.05) is 24.3 Å². The Balaban J connectivity index is 1.83. The zero-order valence-corrected chi connectivity index (χ0v) is 14.0. The van der Waals surface area contributed by atoms with E-state index in [1.807, 2.05) is 0 Å². The maximum atomic E-state index is 12.3. The van der Waals surface area contributed by atoms with Gasteiger partial charge in [0, 0.05) is 29.1 Å². The van der Waals surface area contributed by atoms with Gasteiger partial charge in [0.1, 0.15) is 11.2 Å². The number of nitrogens with zero attached hydrogens (tertiary/aromatic N) is 3. The van der Waals surface area contributed by atoms with Crippen molar-refractivity contribution >= 4 is 34.4 Å². The van der Waals surface area contributed by atoms with Gasteiger partial charge in [-0.3, -0.25) is 25.0 Å². The van der Waals surface area contributed by atoms with E-state index in [4.69, 9.17) is 0 Å². The molecule has 1 amide bonds. The van der Waals surface area contributed by atoms with E-state index in [0.717, 1.165) is 0 Å². The van der Waals surface area contributed by atoms with Crippen LogP contribution in [-0.2, 0) is 0 Å². The van der Waals surface area contributed by atoms with Crippen molar-refractivity contribution in [2.45, 2.75) is 6.92 Å². The molecular weight excluding hydrogens is 354 g/mol. The second-order valence-electron chi connectivity index (χ2n) is 5.63. The highest BCUT2D eigenvalue weighted by Gasteiger charge is 2.20. The van der Waals surface area contributed by atoms with Gasteiger partial charge in [-0.2, -0.15) is 5.10 Å². The van der Waals surface area contributed by atoms with Crippen LogP contribution >= 0.6 is 0 Å². The van der Waals surface area contributed by atoms with Gasteiger partial charge in [-0.05, 0) is 12.5 Å². The number of non-ortho nitro benzene ring substituents is 2. The molecule has 2 N–H and O–H groups in total. The van der Waals surface area contributed by atoms with Crippen molar-refractivity contribution in [3.8, 4) is 0 Å². The van der Waals surface area contributed by atoms with Crippen LogP contribution in [0.2, 0.25) is 0 Å². The molecule has 1 heterocycles. The van der Waals surface area contributed by atoms with Crippen LogP contribution in [-0.4, -0.2) is 27.0 Å². The maximum absolute atomic E-state index is 12.3. The van der Waals surface area contributed by atoms with E-state index in [0.29, 0.717) is 16.5 Å². The summed E-state index contributed by atoms with van der Waals surface area (Å²) in [6.45, 7) is 1.67. The van der Waals surface area contributed by atoms with E-state index in [-0.39, 0.29) is 22.6 Å². The second kappa shape index (κ2) is 7.04. The van der Waals surface area contributed by atoms with Gasteiger partial charge in [0.25, 0.3) is 17.3 Å². The largest absolute Gasteiger partial charge is 0.345 e. The van der Waals surface area contributed by atoms with Gasteiger partial charge < -0.3 is 4.98 Å². The zero-order valence-electron chi connectivity index (χ0n) is 14.0. The number of hydrazone groups is 1. The van der Waals surface area contributed by atoms with Crippen molar-refractivity contribution in [1.29, 1.82) is 0 Å². The van der Waals surface area contributed by atoms with Gasteiger partial charge in [-0.25, -0.2) is 5.43 Å². The summed E-state index contributed by atoms with van der Waals surface area (Å²) < 4.78 is 0. The number of aromatic amines is 1. The third kappa shape index (κ3) is 3.49. The van der Waals surface area contributed by atoms with Crippen LogP contribution in [0.3, 0.4) is 0 Å². The summed E-state index contributed by atoms with van der Waals surface area (Å²) in [5.74, 6) is -0.584. The highest BCUT2D eigenvalue weighted by molar-refractivity contribution is 6.03. The highest BCUT2D eigenvalue weighted by Crippen LogP contribution is 2.29. The van der Waals surface area contributed by atoms with Crippen LogP contribution in [0.15, 0.2) is 47.6 Å². The lowest BCUT2D eigenvalue weighted by Crippen LogP contribution is -2.19. The number of aromatic nitrogens is 1. The smallest absolute Gasteiger partial charge is 0.293 e. The maximum Gasteiger partial charge on any atom is 0.293 e. The van der Waals surface area contributed by atoms with E-state index in [1.165, 1.54) is 30.5 Å². The number of nitro groups is 2. The minimum absolute atomic E-state index is 0.0935. The Bertz CT molecular complexity index is 1100. The van der Waals surface area contributed by atoms with Crippen molar-refractivity contribution in [2.75, 3.05) is 0 Å². The van der Waals surface area contributed by atoms with Gasteiger partial charge in [0.05, 0.1) is 16.1 Å². The lowest BCUT2D eigenvalue weighted by Gasteiger charge is -1.99. The number of carbonyl (C=O) groups excluding carboxylic acids is 1. The van der Waals surface area contributed by atoms with Crippen LogP contribution in [0.5, 0.6) is 0 Å². The van der Waals surface area contributed by atoms with Gasteiger partial charge in [0.2, 0.25) is 0 Å². The molecule has 10 heteroatoms. The minimum Gasteiger partial charge on any atom is -0.345 e. The number of nitrogens with one attached hydrogen (secondary N) is 2. The molecule has 0 bridgehead atoms. The number of rotatable bonds is 5. The Morgan fingerprint density at radius 2 is 1.89 bits per heavy atom. The number of nitro benzene ring substituents is 2. The summed E-state index contributed by atoms with van der Waals surface area (Å²) in [5.41, 5.74) is 3.48. The molecule has 2 aromatic carbocycles. The Labute approximate surface area is 151 Å². The lowest BCUT2D eigenvalue weighted by molar-refractivity contribution is -0.384. The molecule has 1 aromatic heterocycles. The number of H-pyrrole nitrogens is 1. The number of benzene rings is 2. The SMILES string of the molecule is Cc1c(C(=O)NN=Cc2cccc([N+](=O)[O-])c2)[nH]c2c([N+](=O)[O-])cccc12. The first-order chi connectivity index (χ1) is 12.9. The standard InChI is InChI=1S/C17H13N5O5/c1-10-13-6-3-7-14(22(26)27)16(13)19-15(10)17(23)20-18-9-11-4-2-5-12(8-11)21(24)25/h2-9,19H,1H3,(H,20,23). The first-order valence-corrected chi connectivity index (χ1v) is 7.72. The molecule has 3 rings (SSSR count). The Kier molecular flexibility index (Phi) is 4.62. The summed E-state index contributed by atoms with van der Waals surface area (Å²) in [5, 5.41) is 26.2. The average Bonchev–Trinajstić information content (AvgIpc) is 2.98. The number of fused-ring (bicyclic) bond motifs is 1. The lowest BCUT2D eigenvalue weighted by atomic mass is 10.1. The molecule has 27 heavy (non-hydrogen) atoms. The van der Waals surface area contributed by atoms with Crippen molar-refractivity contribution in [3.05, 3.63) is 79.5 Å². The molecule has 0 atom stereocenters. The molecule has 0 aliphatic rings. The molecule has 0 fully saturated rings. The van der Waals surface area contributed by atoms with Crippen LogP contribution in [0.4, 0.5) is 11.4 Å². The second-order valence-corrected chi connectivity index (χ2v) is 5.63. The van der Waals surface area contributed by atoms with Gasteiger partial charge >= 0.3 is 0 Å². The summed E-state index contributed by atoms with van der Waals surface area (Å²) in [6, 6.07) is 10.3. The van der Waals surface area contributed by atoms with E-state index in [1.54, 1.807) is 25.1 Å². The normalized spacial score (nSPS) is 11.0. The fourth-order valence-electron chi connectivity index (χ4n) is 2.66. The van der Waals surface area contributed by atoms with E-state index < -0.39 is 15.8 Å². The third-order valence-electron chi connectivity index (χ3n) is 3.96. The van der Waals surface area contributed by atoms with Crippen LogP contribution in [0.1, 0.15) is 21.6 Å². The summed E-state index contributed by atoms with van der Waals surface area (Å²) in [4.78, 5) is 35.9. The average molecular weight is 367 g/mol. The molecule has 0 unspecified atom stereocenters. The number of hydrogen-bond donors (Lipinski definition) is 2. The van der Waals surface area contributed by atoms with Gasteiger partial charge in [-0.15, -0.1) is 0 Å². The Hall–Kier alpha value is -4.08. The minimum atomic E-state index is -0.584. The molecule has 0 spiro atoms. The quantitative estimate of drug-likeness (QED) is 0.404. The number of amides is 1. The first-order valence-electron chi connectivity index (χ1n) is 7.72. The third-order valence-corrected chi connectivity index (χ3v) is 3.96. The molecular formula is C17H13N5O5. The van der Waals surface area contributed by atoms with Crippen LogP contribution in [0, 0.1) is 27.2 Å². The van der Waals surface area contributed by atoms with Crippen LogP contribution < -0.4 is 5.43 Å². The molecule has 136 valence electrons. The molecule has 0 aliphatic heterocycles. The van der Waals surface area contributed by atoms with E-state index in [9.17, 15) is 25.0 Å².